The molecule has 0 aliphatic carbocycles. The lowest BCUT2D eigenvalue weighted by molar-refractivity contribution is 0.0817. The van der Waals surface area contributed by atoms with E-state index in [0.717, 1.165) is 4.47 Å². The topological polar surface area (TPSA) is 43.4 Å². The Labute approximate surface area is 119 Å². The van der Waals surface area contributed by atoms with Crippen molar-refractivity contribution in [2.45, 2.75) is 0 Å². The van der Waals surface area contributed by atoms with Gasteiger partial charge in [-0.05, 0) is 36.4 Å². The molecule has 0 aliphatic heterocycles. The predicted octanol–water partition coefficient (Wildman–Crippen LogP) is 3.52. The van der Waals surface area contributed by atoms with Crippen LogP contribution in [-0.2, 0) is 0 Å². The molecule has 0 amide bonds. The van der Waals surface area contributed by atoms with Crippen LogP contribution in [0.2, 0.25) is 0 Å². The van der Waals surface area contributed by atoms with Gasteiger partial charge in [0.25, 0.3) is 0 Å². The average molecular weight is 319 g/mol. The van der Waals surface area contributed by atoms with Crippen LogP contribution < -0.4 is 4.74 Å². The third kappa shape index (κ3) is 3.09. The normalized spacial score (nSPS) is 10.0. The van der Waals surface area contributed by atoms with E-state index in [1.807, 2.05) is 0 Å². The van der Waals surface area contributed by atoms with Crippen molar-refractivity contribution in [2.24, 2.45) is 0 Å². The minimum Gasteiger partial charge on any atom is -0.497 e. The zero-order valence-corrected chi connectivity index (χ0v) is 11.8. The highest BCUT2D eigenvalue weighted by Gasteiger charge is 2.18. The van der Waals surface area contributed by atoms with E-state index in [-0.39, 0.29) is 0 Å². The van der Waals surface area contributed by atoms with Crippen LogP contribution in [0.4, 0.5) is 0 Å². The van der Waals surface area contributed by atoms with Crippen LogP contribution in [0.5, 0.6) is 5.75 Å². The highest BCUT2D eigenvalue weighted by molar-refractivity contribution is 9.10. The molecule has 0 heterocycles. The molecule has 0 atom stereocenters. The van der Waals surface area contributed by atoms with E-state index in [1.54, 1.807) is 55.6 Å². The minimum atomic E-state index is -0.527. The number of rotatable bonds is 4. The maximum Gasteiger partial charge on any atom is 0.233 e. The van der Waals surface area contributed by atoms with Gasteiger partial charge in [0.2, 0.25) is 11.6 Å². The summed E-state index contributed by atoms with van der Waals surface area (Å²) >= 11 is 3.27. The number of carbonyl (C=O) groups excluding carboxylic acids is 2. The van der Waals surface area contributed by atoms with Gasteiger partial charge in [0.15, 0.2) is 0 Å². The number of Topliss-reactive ketones (excluding diaryl/α,β-unsaturated/α-hetero) is 2. The van der Waals surface area contributed by atoms with E-state index in [0.29, 0.717) is 16.9 Å². The lowest BCUT2D eigenvalue weighted by Crippen LogP contribution is -2.14. The smallest absolute Gasteiger partial charge is 0.233 e. The molecule has 0 N–H and O–H groups in total. The van der Waals surface area contributed by atoms with E-state index < -0.39 is 11.6 Å². The predicted molar refractivity (Wildman–Crippen MR) is 75.8 cm³/mol. The zero-order chi connectivity index (χ0) is 13.8. The Kier molecular flexibility index (Phi) is 4.12. The monoisotopic (exact) mass is 318 g/mol. The van der Waals surface area contributed by atoms with Crippen molar-refractivity contribution in [3.63, 3.8) is 0 Å². The van der Waals surface area contributed by atoms with E-state index in [2.05, 4.69) is 15.9 Å². The molecule has 0 aliphatic rings. The Morgan fingerprint density at radius 3 is 2.16 bits per heavy atom. The summed E-state index contributed by atoms with van der Waals surface area (Å²) in [6, 6.07) is 13.2. The van der Waals surface area contributed by atoms with Crippen molar-refractivity contribution >= 4 is 27.5 Å². The molecule has 2 aromatic rings. The fraction of sp³-hybridized carbons (Fsp3) is 0.0667. The van der Waals surface area contributed by atoms with Gasteiger partial charge in [-0.1, -0.05) is 28.1 Å². The Balaban J connectivity index is 2.25. The number of carbonyl (C=O) groups is 2. The van der Waals surface area contributed by atoms with Crippen molar-refractivity contribution < 1.29 is 14.3 Å². The van der Waals surface area contributed by atoms with Gasteiger partial charge in [-0.2, -0.15) is 0 Å². The van der Waals surface area contributed by atoms with Crippen molar-refractivity contribution in [1.29, 1.82) is 0 Å². The van der Waals surface area contributed by atoms with Crippen LogP contribution in [0.3, 0.4) is 0 Å². The lowest BCUT2D eigenvalue weighted by Gasteiger charge is -2.03. The summed E-state index contributed by atoms with van der Waals surface area (Å²) in [7, 11) is 1.55. The molecule has 0 fully saturated rings. The SMILES string of the molecule is COc1ccc(C(=O)C(=O)c2cccc(Br)c2)cc1. The Morgan fingerprint density at radius 2 is 1.58 bits per heavy atom. The van der Waals surface area contributed by atoms with Gasteiger partial charge in [-0.3, -0.25) is 9.59 Å². The molecule has 0 aromatic heterocycles. The first-order valence-corrected chi connectivity index (χ1v) is 6.40. The molecule has 0 unspecified atom stereocenters. The van der Waals surface area contributed by atoms with Crippen LogP contribution in [0.15, 0.2) is 53.0 Å². The highest BCUT2D eigenvalue weighted by Crippen LogP contribution is 2.16. The molecule has 0 radical (unpaired) electrons. The fourth-order valence-corrected chi connectivity index (χ4v) is 2.03. The number of ketones is 2. The number of benzene rings is 2. The third-order valence-electron chi connectivity index (χ3n) is 2.65. The first-order chi connectivity index (χ1) is 9.11. The van der Waals surface area contributed by atoms with Crippen molar-refractivity contribution in [3.05, 3.63) is 64.1 Å². The summed E-state index contributed by atoms with van der Waals surface area (Å²) in [5.41, 5.74) is 0.723. The van der Waals surface area contributed by atoms with Crippen LogP contribution >= 0.6 is 15.9 Å². The summed E-state index contributed by atoms with van der Waals surface area (Å²) in [4.78, 5) is 24.1. The van der Waals surface area contributed by atoms with Gasteiger partial charge in [0.05, 0.1) is 7.11 Å². The van der Waals surface area contributed by atoms with Crippen molar-refractivity contribution in [3.8, 4) is 5.75 Å². The minimum absolute atomic E-state index is 0.353. The van der Waals surface area contributed by atoms with Crippen LogP contribution in [-0.4, -0.2) is 18.7 Å². The first-order valence-electron chi connectivity index (χ1n) is 5.60. The van der Waals surface area contributed by atoms with E-state index in [4.69, 9.17) is 4.74 Å². The van der Waals surface area contributed by atoms with E-state index in [1.165, 1.54) is 0 Å². The van der Waals surface area contributed by atoms with Gasteiger partial charge in [0, 0.05) is 15.6 Å². The van der Waals surface area contributed by atoms with E-state index >= 15 is 0 Å². The Hall–Kier alpha value is -1.94. The molecule has 0 spiro atoms. The molecule has 3 nitrogen and oxygen atoms in total. The Bertz CT molecular complexity index is 618. The van der Waals surface area contributed by atoms with Gasteiger partial charge < -0.3 is 4.74 Å². The summed E-state index contributed by atoms with van der Waals surface area (Å²) < 4.78 is 5.77. The molecule has 2 rings (SSSR count). The molecule has 2 aromatic carbocycles. The maximum absolute atomic E-state index is 12.1. The summed E-state index contributed by atoms with van der Waals surface area (Å²) in [6.45, 7) is 0. The van der Waals surface area contributed by atoms with Crippen LogP contribution in [0, 0.1) is 0 Å². The molecule has 4 heteroatoms. The molecule has 0 saturated carbocycles. The molecule has 19 heavy (non-hydrogen) atoms. The molecular formula is C15H11BrO3. The van der Waals surface area contributed by atoms with Gasteiger partial charge >= 0.3 is 0 Å². The first kappa shape index (κ1) is 13.5. The average Bonchev–Trinajstić information content (AvgIpc) is 2.46. The van der Waals surface area contributed by atoms with Gasteiger partial charge in [-0.25, -0.2) is 0 Å². The summed E-state index contributed by atoms with van der Waals surface area (Å²) in [6.07, 6.45) is 0. The van der Waals surface area contributed by atoms with Crippen molar-refractivity contribution in [2.75, 3.05) is 7.11 Å². The number of methoxy groups -OCH3 is 1. The number of ether oxygens (including phenoxy) is 1. The fourth-order valence-electron chi connectivity index (χ4n) is 1.63. The zero-order valence-electron chi connectivity index (χ0n) is 10.2. The molecular weight excluding hydrogens is 308 g/mol. The highest BCUT2D eigenvalue weighted by atomic mass is 79.9. The van der Waals surface area contributed by atoms with Crippen LogP contribution in [0.25, 0.3) is 0 Å². The number of halogens is 1. The second-order valence-corrected chi connectivity index (χ2v) is 4.81. The van der Waals surface area contributed by atoms with E-state index in [9.17, 15) is 9.59 Å². The maximum atomic E-state index is 12.1. The Morgan fingerprint density at radius 1 is 0.947 bits per heavy atom. The summed E-state index contributed by atoms with van der Waals surface area (Å²) in [5.74, 6) is -0.404. The molecule has 0 bridgehead atoms. The third-order valence-corrected chi connectivity index (χ3v) is 3.14. The molecule has 0 saturated heterocycles. The second-order valence-electron chi connectivity index (χ2n) is 3.90. The van der Waals surface area contributed by atoms with Crippen LogP contribution in [0.1, 0.15) is 20.7 Å². The second kappa shape index (κ2) is 5.80. The molecule has 96 valence electrons. The van der Waals surface area contributed by atoms with Gasteiger partial charge in [0.1, 0.15) is 5.75 Å². The number of hydrogen-bond acceptors (Lipinski definition) is 3. The number of hydrogen-bond donors (Lipinski definition) is 0. The summed E-state index contributed by atoms with van der Waals surface area (Å²) in [5, 5.41) is 0. The van der Waals surface area contributed by atoms with Crippen molar-refractivity contribution in [1.82, 2.24) is 0 Å². The lowest BCUT2D eigenvalue weighted by atomic mass is 10.0. The largest absolute Gasteiger partial charge is 0.497 e. The van der Waals surface area contributed by atoms with Gasteiger partial charge in [-0.15, -0.1) is 0 Å². The quantitative estimate of drug-likeness (QED) is 0.640. The standard InChI is InChI=1S/C15H11BrO3/c1-19-13-7-5-10(6-8-13)14(17)15(18)11-3-2-4-12(16)9-11/h2-9H,1H3.